The van der Waals surface area contributed by atoms with Gasteiger partial charge in [-0.05, 0) is 36.8 Å². The summed E-state index contributed by atoms with van der Waals surface area (Å²) in [5.41, 5.74) is 4.33. The highest BCUT2D eigenvalue weighted by atomic mass is 16.3. The standard InChI is InChI=1S/C20H18N2O/c1-15-8-7-13-19(20(15)23)21-14-16-9-5-6-12-18(16)22-17-10-3-2-4-11-17/h2-14,22-23H,1H3. The van der Waals surface area contributed by atoms with E-state index in [2.05, 4.69) is 10.3 Å². The molecular weight excluding hydrogens is 284 g/mol. The molecule has 0 aliphatic carbocycles. The van der Waals surface area contributed by atoms with Crippen LogP contribution in [0.3, 0.4) is 0 Å². The van der Waals surface area contributed by atoms with Gasteiger partial charge < -0.3 is 10.4 Å². The van der Waals surface area contributed by atoms with Gasteiger partial charge in [-0.1, -0.05) is 48.5 Å². The van der Waals surface area contributed by atoms with Gasteiger partial charge in [-0.15, -0.1) is 0 Å². The van der Waals surface area contributed by atoms with Crippen molar-refractivity contribution in [2.45, 2.75) is 6.92 Å². The van der Waals surface area contributed by atoms with Crippen molar-refractivity contribution >= 4 is 23.3 Å². The van der Waals surface area contributed by atoms with Crippen LogP contribution in [-0.2, 0) is 0 Å². The first-order valence-electron chi connectivity index (χ1n) is 7.48. The summed E-state index contributed by atoms with van der Waals surface area (Å²) in [5.74, 6) is 0.220. The smallest absolute Gasteiger partial charge is 0.144 e. The number of aromatic hydroxyl groups is 1. The molecule has 0 aromatic heterocycles. The van der Waals surface area contributed by atoms with Crippen molar-refractivity contribution in [3.8, 4) is 5.75 Å². The van der Waals surface area contributed by atoms with Gasteiger partial charge in [-0.25, -0.2) is 0 Å². The number of rotatable bonds is 4. The first-order valence-corrected chi connectivity index (χ1v) is 7.48. The van der Waals surface area contributed by atoms with Crippen LogP contribution in [-0.4, -0.2) is 11.3 Å². The van der Waals surface area contributed by atoms with Crippen molar-refractivity contribution in [1.82, 2.24) is 0 Å². The molecule has 114 valence electrons. The Morgan fingerprint density at radius 2 is 1.61 bits per heavy atom. The van der Waals surface area contributed by atoms with Gasteiger partial charge in [0.15, 0.2) is 0 Å². The minimum absolute atomic E-state index is 0.220. The Morgan fingerprint density at radius 3 is 2.43 bits per heavy atom. The third-order valence-corrected chi connectivity index (χ3v) is 3.57. The molecular formula is C20H18N2O. The Hall–Kier alpha value is -3.07. The Balaban J connectivity index is 1.89. The molecule has 0 saturated carbocycles. The minimum atomic E-state index is 0.220. The average Bonchev–Trinajstić information content (AvgIpc) is 2.58. The van der Waals surface area contributed by atoms with E-state index < -0.39 is 0 Å². The molecule has 2 N–H and O–H groups in total. The molecule has 0 radical (unpaired) electrons. The predicted molar refractivity (Wildman–Crippen MR) is 96.3 cm³/mol. The van der Waals surface area contributed by atoms with Gasteiger partial charge in [-0.2, -0.15) is 0 Å². The molecule has 0 amide bonds. The number of hydrogen-bond acceptors (Lipinski definition) is 3. The van der Waals surface area contributed by atoms with Gasteiger partial charge in [0.2, 0.25) is 0 Å². The molecule has 0 aliphatic rings. The lowest BCUT2D eigenvalue weighted by atomic mass is 10.1. The maximum atomic E-state index is 10.1. The third-order valence-electron chi connectivity index (χ3n) is 3.57. The number of nitrogens with one attached hydrogen (secondary N) is 1. The van der Waals surface area contributed by atoms with Crippen LogP contribution in [0, 0.1) is 6.92 Å². The van der Waals surface area contributed by atoms with E-state index in [9.17, 15) is 5.11 Å². The predicted octanol–water partition coefficient (Wildman–Crippen LogP) is 5.19. The van der Waals surface area contributed by atoms with E-state index in [1.54, 1.807) is 12.3 Å². The largest absolute Gasteiger partial charge is 0.505 e. The average molecular weight is 302 g/mol. The Bertz CT molecular complexity index is 826. The van der Waals surface area contributed by atoms with Crippen LogP contribution in [0.25, 0.3) is 0 Å². The first kappa shape index (κ1) is 14.9. The molecule has 0 bridgehead atoms. The summed E-state index contributed by atoms with van der Waals surface area (Å²) in [5, 5.41) is 13.4. The number of nitrogens with zero attached hydrogens (tertiary/aromatic N) is 1. The molecule has 0 fully saturated rings. The SMILES string of the molecule is Cc1cccc(N=Cc2ccccc2Nc2ccccc2)c1O. The van der Waals surface area contributed by atoms with Crippen molar-refractivity contribution in [3.05, 3.63) is 83.9 Å². The number of aliphatic imine (C=N–C) groups is 1. The minimum Gasteiger partial charge on any atom is -0.505 e. The number of phenols is 1. The molecule has 0 atom stereocenters. The van der Waals surface area contributed by atoms with E-state index in [1.165, 1.54) is 0 Å². The van der Waals surface area contributed by atoms with E-state index >= 15 is 0 Å². The molecule has 23 heavy (non-hydrogen) atoms. The second kappa shape index (κ2) is 6.79. The maximum Gasteiger partial charge on any atom is 0.144 e. The molecule has 0 spiro atoms. The third kappa shape index (κ3) is 3.58. The summed E-state index contributed by atoms with van der Waals surface area (Å²) in [6.45, 7) is 1.86. The zero-order valence-corrected chi connectivity index (χ0v) is 12.9. The van der Waals surface area contributed by atoms with Crippen molar-refractivity contribution < 1.29 is 5.11 Å². The van der Waals surface area contributed by atoms with E-state index in [0.717, 1.165) is 22.5 Å². The molecule has 3 aromatic carbocycles. The lowest BCUT2D eigenvalue weighted by Crippen LogP contribution is -1.94. The highest BCUT2D eigenvalue weighted by Crippen LogP contribution is 2.29. The molecule has 0 unspecified atom stereocenters. The highest BCUT2D eigenvalue weighted by molar-refractivity contribution is 5.90. The van der Waals surface area contributed by atoms with Crippen LogP contribution >= 0.6 is 0 Å². The molecule has 0 heterocycles. The normalized spacial score (nSPS) is 10.8. The summed E-state index contributed by atoms with van der Waals surface area (Å²) in [6.07, 6.45) is 1.76. The molecule has 3 aromatic rings. The van der Waals surface area contributed by atoms with Gasteiger partial charge >= 0.3 is 0 Å². The number of benzene rings is 3. The van der Waals surface area contributed by atoms with Crippen LogP contribution in [0.2, 0.25) is 0 Å². The highest BCUT2D eigenvalue weighted by Gasteiger charge is 2.03. The Morgan fingerprint density at radius 1 is 0.870 bits per heavy atom. The van der Waals surface area contributed by atoms with Crippen LogP contribution < -0.4 is 5.32 Å². The Kier molecular flexibility index (Phi) is 4.39. The van der Waals surface area contributed by atoms with Gasteiger partial charge in [0.1, 0.15) is 11.4 Å². The molecule has 3 nitrogen and oxygen atoms in total. The fourth-order valence-electron chi connectivity index (χ4n) is 2.29. The van der Waals surface area contributed by atoms with Crippen LogP contribution in [0.4, 0.5) is 17.1 Å². The lowest BCUT2D eigenvalue weighted by Gasteiger charge is -2.09. The van der Waals surface area contributed by atoms with E-state index in [0.29, 0.717) is 5.69 Å². The van der Waals surface area contributed by atoms with Crippen LogP contribution in [0.1, 0.15) is 11.1 Å². The monoisotopic (exact) mass is 302 g/mol. The zero-order valence-electron chi connectivity index (χ0n) is 12.9. The molecule has 3 rings (SSSR count). The van der Waals surface area contributed by atoms with Crippen molar-refractivity contribution in [2.75, 3.05) is 5.32 Å². The van der Waals surface area contributed by atoms with Gasteiger partial charge in [0, 0.05) is 23.2 Å². The number of hydrogen-bond donors (Lipinski definition) is 2. The van der Waals surface area contributed by atoms with Crippen molar-refractivity contribution in [3.63, 3.8) is 0 Å². The topological polar surface area (TPSA) is 44.6 Å². The molecule has 3 heteroatoms. The first-order chi connectivity index (χ1) is 11.2. The Labute approximate surface area is 136 Å². The quantitative estimate of drug-likeness (QED) is 0.651. The fourth-order valence-corrected chi connectivity index (χ4v) is 2.29. The molecule has 0 saturated heterocycles. The lowest BCUT2D eigenvalue weighted by molar-refractivity contribution is 0.473. The van der Waals surface area contributed by atoms with Gasteiger partial charge in [0.05, 0.1) is 0 Å². The summed E-state index contributed by atoms with van der Waals surface area (Å²) in [6, 6.07) is 23.5. The second-order valence-corrected chi connectivity index (χ2v) is 5.28. The number of para-hydroxylation sites is 3. The summed E-state index contributed by atoms with van der Waals surface area (Å²) in [4.78, 5) is 4.42. The number of phenolic OH excluding ortho intramolecular Hbond substituents is 1. The molecule has 0 aliphatic heterocycles. The number of anilines is 2. The summed E-state index contributed by atoms with van der Waals surface area (Å²) < 4.78 is 0. The van der Waals surface area contributed by atoms with Gasteiger partial charge in [0.25, 0.3) is 0 Å². The van der Waals surface area contributed by atoms with Crippen molar-refractivity contribution in [2.24, 2.45) is 4.99 Å². The summed E-state index contributed by atoms with van der Waals surface area (Å²) >= 11 is 0. The van der Waals surface area contributed by atoms with E-state index in [1.807, 2.05) is 73.7 Å². The van der Waals surface area contributed by atoms with E-state index in [4.69, 9.17) is 0 Å². The van der Waals surface area contributed by atoms with E-state index in [-0.39, 0.29) is 5.75 Å². The van der Waals surface area contributed by atoms with Crippen LogP contribution in [0.5, 0.6) is 5.75 Å². The van der Waals surface area contributed by atoms with Crippen molar-refractivity contribution in [1.29, 1.82) is 0 Å². The maximum absolute atomic E-state index is 10.1. The van der Waals surface area contributed by atoms with Gasteiger partial charge in [-0.3, -0.25) is 4.99 Å². The summed E-state index contributed by atoms with van der Waals surface area (Å²) in [7, 11) is 0. The zero-order chi connectivity index (χ0) is 16.1. The fraction of sp³-hybridized carbons (Fsp3) is 0.0500. The number of aryl methyl sites for hydroxylation is 1. The second-order valence-electron chi connectivity index (χ2n) is 5.28. The van der Waals surface area contributed by atoms with Crippen LogP contribution in [0.15, 0.2) is 77.8 Å².